The first kappa shape index (κ1) is 23.3. The minimum atomic E-state index is -4.23. The van der Waals surface area contributed by atoms with Gasteiger partial charge in [-0.3, -0.25) is 4.79 Å². The van der Waals surface area contributed by atoms with Gasteiger partial charge in [0, 0.05) is 21.3 Å². The van der Waals surface area contributed by atoms with Crippen LogP contribution in [0.4, 0.5) is 10.1 Å². The average molecular weight is 491 g/mol. The molecular weight excluding hydrogens is 478 g/mol. The van der Waals surface area contributed by atoms with E-state index in [-0.39, 0.29) is 32.5 Å². The molecule has 0 radical (unpaired) electrons. The standard InChI is InChI=1S/C22H13Cl2FN2O4S/c23-16-1-8-20(9-2-16)32(29,30)31-21-10-3-17(24)12-14(21)11-15(13-26)22(28)27-19-6-4-18(25)5-7-19/h1-12H,(H,27,28)/b15-11+. The summed E-state index contributed by atoms with van der Waals surface area (Å²) in [5.41, 5.74) is -0.00314. The van der Waals surface area contributed by atoms with Gasteiger partial charge in [-0.15, -0.1) is 0 Å². The maximum Gasteiger partial charge on any atom is 0.339 e. The fourth-order valence-corrected chi connectivity index (χ4v) is 3.77. The van der Waals surface area contributed by atoms with E-state index in [1.807, 2.05) is 0 Å². The third-order valence-corrected chi connectivity index (χ3v) is 5.78. The van der Waals surface area contributed by atoms with Gasteiger partial charge in [0.2, 0.25) is 0 Å². The Morgan fingerprint density at radius 3 is 2.25 bits per heavy atom. The van der Waals surface area contributed by atoms with Gasteiger partial charge < -0.3 is 9.50 Å². The first-order chi connectivity index (χ1) is 15.2. The molecule has 3 rings (SSSR count). The highest BCUT2D eigenvalue weighted by Crippen LogP contribution is 2.29. The Morgan fingerprint density at radius 2 is 1.62 bits per heavy atom. The summed E-state index contributed by atoms with van der Waals surface area (Å²) in [6, 6.07) is 16.1. The van der Waals surface area contributed by atoms with Crippen molar-refractivity contribution in [1.29, 1.82) is 5.26 Å². The first-order valence-corrected chi connectivity index (χ1v) is 11.0. The topological polar surface area (TPSA) is 96.3 Å². The molecule has 1 amide bonds. The molecule has 162 valence electrons. The second-order valence-corrected chi connectivity index (χ2v) is 8.72. The average Bonchev–Trinajstić information content (AvgIpc) is 2.75. The summed E-state index contributed by atoms with van der Waals surface area (Å²) >= 11 is 11.8. The Bertz CT molecular complexity index is 1330. The summed E-state index contributed by atoms with van der Waals surface area (Å²) in [6.07, 6.45) is 1.14. The molecule has 6 nitrogen and oxygen atoms in total. The molecular formula is C22H13Cl2FN2O4S. The Labute approximate surface area is 193 Å². The van der Waals surface area contributed by atoms with E-state index < -0.39 is 21.8 Å². The summed E-state index contributed by atoms with van der Waals surface area (Å²) < 4.78 is 43.5. The Morgan fingerprint density at radius 1 is 1.00 bits per heavy atom. The van der Waals surface area contributed by atoms with Gasteiger partial charge in [0.1, 0.15) is 28.1 Å². The monoisotopic (exact) mass is 490 g/mol. The van der Waals surface area contributed by atoms with E-state index in [0.717, 1.165) is 18.2 Å². The van der Waals surface area contributed by atoms with Crippen molar-refractivity contribution < 1.29 is 21.8 Å². The molecule has 0 spiro atoms. The third-order valence-electron chi connectivity index (χ3n) is 4.04. The van der Waals surface area contributed by atoms with Crippen LogP contribution in [-0.2, 0) is 14.9 Å². The Kier molecular flexibility index (Phi) is 7.15. The maximum absolute atomic E-state index is 13.0. The van der Waals surface area contributed by atoms with Gasteiger partial charge in [-0.1, -0.05) is 23.2 Å². The molecule has 3 aromatic carbocycles. The van der Waals surface area contributed by atoms with Crippen LogP contribution in [0, 0.1) is 17.1 Å². The summed E-state index contributed by atoms with van der Waals surface area (Å²) in [6.45, 7) is 0. The first-order valence-electron chi connectivity index (χ1n) is 8.86. The van der Waals surface area contributed by atoms with Crippen molar-refractivity contribution in [2.75, 3.05) is 5.32 Å². The molecule has 0 bridgehead atoms. The third kappa shape index (κ3) is 5.86. The molecule has 0 fully saturated rings. The normalized spacial score (nSPS) is 11.5. The fraction of sp³-hybridized carbons (Fsp3) is 0. The van der Waals surface area contributed by atoms with E-state index in [2.05, 4.69) is 5.32 Å². The minimum absolute atomic E-state index is 0.0841. The molecule has 0 saturated heterocycles. The van der Waals surface area contributed by atoms with Crippen LogP contribution in [0.25, 0.3) is 6.08 Å². The number of anilines is 1. The molecule has 0 aliphatic rings. The summed E-state index contributed by atoms with van der Waals surface area (Å²) in [5, 5.41) is 12.5. The summed E-state index contributed by atoms with van der Waals surface area (Å²) in [4.78, 5) is 12.3. The van der Waals surface area contributed by atoms with Gasteiger partial charge in [0.25, 0.3) is 5.91 Å². The number of nitriles is 1. The van der Waals surface area contributed by atoms with Crippen molar-refractivity contribution in [3.63, 3.8) is 0 Å². The van der Waals surface area contributed by atoms with Crippen LogP contribution in [0.2, 0.25) is 10.0 Å². The van der Waals surface area contributed by atoms with E-state index >= 15 is 0 Å². The molecule has 32 heavy (non-hydrogen) atoms. The molecule has 0 atom stereocenters. The predicted octanol–water partition coefficient (Wildman–Crippen LogP) is 5.45. The van der Waals surface area contributed by atoms with E-state index in [0.29, 0.717) is 5.02 Å². The van der Waals surface area contributed by atoms with E-state index in [4.69, 9.17) is 27.4 Å². The Hall–Kier alpha value is -3.38. The number of carbonyl (C=O) groups is 1. The predicted molar refractivity (Wildman–Crippen MR) is 119 cm³/mol. The van der Waals surface area contributed by atoms with Crippen molar-refractivity contribution in [3.8, 4) is 11.8 Å². The highest BCUT2D eigenvalue weighted by molar-refractivity contribution is 7.87. The van der Waals surface area contributed by atoms with Crippen LogP contribution in [-0.4, -0.2) is 14.3 Å². The van der Waals surface area contributed by atoms with Crippen molar-refractivity contribution in [2.24, 2.45) is 0 Å². The second-order valence-electron chi connectivity index (χ2n) is 6.30. The number of hydrogen-bond donors (Lipinski definition) is 1. The molecule has 0 aromatic heterocycles. The largest absolute Gasteiger partial charge is 0.378 e. The van der Waals surface area contributed by atoms with Crippen LogP contribution < -0.4 is 9.50 Å². The maximum atomic E-state index is 13.0. The quantitative estimate of drug-likeness (QED) is 0.281. The van der Waals surface area contributed by atoms with Gasteiger partial charge in [0.05, 0.1) is 0 Å². The van der Waals surface area contributed by atoms with E-state index in [1.165, 1.54) is 54.6 Å². The number of carbonyl (C=O) groups excluding carboxylic acids is 1. The van der Waals surface area contributed by atoms with Crippen molar-refractivity contribution >= 4 is 51.0 Å². The lowest BCUT2D eigenvalue weighted by Gasteiger charge is -2.11. The number of benzene rings is 3. The second kappa shape index (κ2) is 9.83. The van der Waals surface area contributed by atoms with E-state index in [9.17, 15) is 22.9 Å². The highest BCUT2D eigenvalue weighted by Gasteiger charge is 2.19. The van der Waals surface area contributed by atoms with Gasteiger partial charge in [-0.2, -0.15) is 13.7 Å². The number of rotatable bonds is 6. The lowest BCUT2D eigenvalue weighted by Crippen LogP contribution is -2.14. The van der Waals surface area contributed by atoms with Gasteiger partial charge in [-0.25, -0.2) is 4.39 Å². The highest BCUT2D eigenvalue weighted by atomic mass is 35.5. The molecule has 0 aliphatic carbocycles. The van der Waals surface area contributed by atoms with Gasteiger partial charge in [0.15, 0.2) is 0 Å². The molecule has 0 heterocycles. The number of nitrogens with zero attached hydrogens (tertiary/aromatic N) is 1. The molecule has 1 N–H and O–H groups in total. The molecule has 3 aromatic rings. The molecule has 0 unspecified atom stereocenters. The summed E-state index contributed by atoms with van der Waals surface area (Å²) in [7, 11) is -4.23. The molecule has 0 aliphatic heterocycles. The molecule has 0 saturated carbocycles. The zero-order chi connectivity index (χ0) is 23.3. The van der Waals surface area contributed by atoms with Crippen LogP contribution in [0.15, 0.2) is 77.2 Å². The smallest absolute Gasteiger partial charge is 0.339 e. The fourth-order valence-electron chi connectivity index (χ4n) is 2.51. The van der Waals surface area contributed by atoms with E-state index in [1.54, 1.807) is 6.07 Å². The van der Waals surface area contributed by atoms with Gasteiger partial charge in [-0.05, 0) is 72.8 Å². The number of amides is 1. The lowest BCUT2D eigenvalue weighted by atomic mass is 10.1. The van der Waals surface area contributed by atoms with Crippen LogP contribution in [0.1, 0.15) is 5.56 Å². The van der Waals surface area contributed by atoms with Crippen molar-refractivity contribution in [2.45, 2.75) is 4.90 Å². The number of hydrogen-bond acceptors (Lipinski definition) is 5. The van der Waals surface area contributed by atoms with Crippen molar-refractivity contribution in [1.82, 2.24) is 0 Å². The lowest BCUT2D eigenvalue weighted by molar-refractivity contribution is -0.112. The molecule has 10 heteroatoms. The Balaban J connectivity index is 1.93. The van der Waals surface area contributed by atoms with Crippen LogP contribution in [0.5, 0.6) is 5.75 Å². The van der Waals surface area contributed by atoms with Crippen LogP contribution >= 0.6 is 23.2 Å². The SMILES string of the molecule is N#C/C(=C\c1cc(Cl)ccc1OS(=O)(=O)c1ccc(Cl)cc1)C(=O)Nc1ccc(F)cc1. The zero-order valence-corrected chi connectivity index (χ0v) is 18.4. The van der Waals surface area contributed by atoms with Crippen molar-refractivity contribution in [3.05, 3.63) is 93.7 Å². The number of halogens is 3. The van der Waals surface area contributed by atoms with Gasteiger partial charge >= 0.3 is 10.1 Å². The summed E-state index contributed by atoms with van der Waals surface area (Å²) in [5.74, 6) is -1.42. The van der Waals surface area contributed by atoms with Crippen LogP contribution in [0.3, 0.4) is 0 Å². The number of nitrogens with one attached hydrogen (secondary N) is 1. The zero-order valence-electron chi connectivity index (χ0n) is 16.1. The minimum Gasteiger partial charge on any atom is -0.378 e.